The lowest BCUT2D eigenvalue weighted by Crippen LogP contribution is -2.29. The van der Waals surface area contributed by atoms with Gasteiger partial charge in [0.1, 0.15) is 5.82 Å². The molecule has 1 aliphatic heterocycles. The molecule has 2 N–H and O–H groups in total. The molecule has 1 aliphatic rings. The standard InChI is InChI=1S/C12H18ClN3O/c1-16(8-10-3-2-4-17-10)12-5-9(6-14)11(13)7-15-12/h5,7,10H,2-4,6,8,14H2,1H3. The van der Waals surface area contributed by atoms with Crippen molar-refractivity contribution < 1.29 is 4.74 Å². The summed E-state index contributed by atoms with van der Waals surface area (Å²) in [6.07, 6.45) is 4.26. The van der Waals surface area contributed by atoms with Gasteiger partial charge in [-0.15, -0.1) is 0 Å². The van der Waals surface area contributed by atoms with E-state index < -0.39 is 0 Å². The second-order valence-corrected chi connectivity index (χ2v) is 4.76. The first-order chi connectivity index (χ1) is 8.20. The largest absolute Gasteiger partial charge is 0.376 e. The summed E-state index contributed by atoms with van der Waals surface area (Å²) in [5.74, 6) is 0.894. The molecule has 5 heteroatoms. The van der Waals surface area contributed by atoms with Gasteiger partial charge in [0.25, 0.3) is 0 Å². The third kappa shape index (κ3) is 3.09. The van der Waals surface area contributed by atoms with Gasteiger partial charge in [-0.05, 0) is 24.5 Å². The zero-order valence-corrected chi connectivity index (χ0v) is 10.8. The van der Waals surface area contributed by atoms with Crippen LogP contribution in [-0.4, -0.2) is 31.3 Å². The maximum atomic E-state index is 5.99. The van der Waals surface area contributed by atoms with Gasteiger partial charge in [-0.1, -0.05) is 11.6 Å². The van der Waals surface area contributed by atoms with E-state index in [9.17, 15) is 0 Å². The molecule has 1 atom stereocenters. The Morgan fingerprint density at radius 2 is 2.47 bits per heavy atom. The van der Waals surface area contributed by atoms with Crippen molar-refractivity contribution in [3.8, 4) is 0 Å². The summed E-state index contributed by atoms with van der Waals surface area (Å²) in [4.78, 5) is 6.40. The van der Waals surface area contributed by atoms with Gasteiger partial charge in [0.2, 0.25) is 0 Å². The van der Waals surface area contributed by atoms with E-state index in [2.05, 4.69) is 9.88 Å². The highest BCUT2D eigenvalue weighted by Gasteiger charge is 2.18. The van der Waals surface area contributed by atoms with Crippen LogP contribution < -0.4 is 10.6 Å². The molecule has 1 aromatic rings. The Kier molecular flexibility index (Phi) is 4.20. The fraction of sp³-hybridized carbons (Fsp3) is 0.583. The maximum Gasteiger partial charge on any atom is 0.128 e. The predicted molar refractivity (Wildman–Crippen MR) is 69.4 cm³/mol. The molecule has 0 bridgehead atoms. The molecule has 4 nitrogen and oxygen atoms in total. The van der Waals surface area contributed by atoms with Gasteiger partial charge in [-0.2, -0.15) is 0 Å². The van der Waals surface area contributed by atoms with Crippen LogP contribution in [0.25, 0.3) is 0 Å². The number of aromatic nitrogens is 1. The van der Waals surface area contributed by atoms with Crippen molar-refractivity contribution >= 4 is 17.4 Å². The van der Waals surface area contributed by atoms with Crippen molar-refractivity contribution in [1.82, 2.24) is 4.98 Å². The van der Waals surface area contributed by atoms with Crippen LogP contribution in [0.3, 0.4) is 0 Å². The quantitative estimate of drug-likeness (QED) is 0.892. The second-order valence-electron chi connectivity index (χ2n) is 4.35. The van der Waals surface area contributed by atoms with Crippen LogP contribution in [0.1, 0.15) is 18.4 Å². The summed E-state index contributed by atoms with van der Waals surface area (Å²) >= 11 is 5.99. The van der Waals surface area contributed by atoms with E-state index in [4.69, 9.17) is 22.1 Å². The Balaban J connectivity index is 2.04. The molecule has 17 heavy (non-hydrogen) atoms. The highest BCUT2D eigenvalue weighted by molar-refractivity contribution is 6.31. The van der Waals surface area contributed by atoms with Gasteiger partial charge < -0.3 is 15.4 Å². The van der Waals surface area contributed by atoms with Crippen molar-refractivity contribution in [3.63, 3.8) is 0 Å². The number of ether oxygens (including phenoxy) is 1. The van der Waals surface area contributed by atoms with Gasteiger partial charge >= 0.3 is 0 Å². The Morgan fingerprint density at radius 3 is 3.12 bits per heavy atom. The van der Waals surface area contributed by atoms with Crippen molar-refractivity contribution in [2.75, 3.05) is 25.1 Å². The van der Waals surface area contributed by atoms with Crippen LogP contribution in [0.2, 0.25) is 5.02 Å². The predicted octanol–water partition coefficient (Wildman–Crippen LogP) is 1.81. The van der Waals surface area contributed by atoms with Crippen LogP contribution in [0, 0.1) is 0 Å². The zero-order valence-electron chi connectivity index (χ0n) is 10.0. The summed E-state index contributed by atoms with van der Waals surface area (Å²) in [6, 6.07) is 1.94. The van der Waals surface area contributed by atoms with Crippen LogP contribution in [0.5, 0.6) is 0 Å². The van der Waals surface area contributed by atoms with Crippen molar-refractivity contribution in [1.29, 1.82) is 0 Å². The summed E-state index contributed by atoms with van der Waals surface area (Å²) in [6.45, 7) is 2.17. The molecule has 0 radical (unpaired) electrons. The number of likely N-dealkylation sites (N-methyl/N-ethyl adjacent to an activating group) is 1. The molecule has 0 aliphatic carbocycles. The summed E-state index contributed by atoms with van der Waals surface area (Å²) in [7, 11) is 2.01. The lowest BCUT2D eigenvalue weighted by atomic mass is 10.2. The van der Waals surface area contributed by atoms with Crippen molar-refractivity contribution in [3.05, 3.63) is 22.8 Å². The average Bonchev–Trinajstić information content (AvgIpc) is 2.82. The monoisotopic (exact) mass is 255 g/mol. The molecule has 0 aromatic carbocycles. The fourth-order valence-corrected chi connectivity index (χ4v) is 2.20. The number of nitrogens with zero attached hydrogens (tertiary/aromatic N) is 2. The minimum absolute atomic E-state index is 0.318. The molecule has 0 amide bonds. The number of hydrogen-bond donors (Lipinski definition) is 1. The average molecular weight is 256 g/mol. The lowest BCUT2D eigenvalue weighted by Gasteiger charge is -2.22. The van der Waals surface area contributed by atoms with Gasteiger partial charge in [0.05, 0.1) is 11.1 Å². The second kappa shape index (κ2) is 5.67. The van der Waals surface area contributed by atoms with Gasteiger partial charge in [-0.25, -0.2) is 4.98 Å². The molecule has 1 aromatic heterocycles. The Morgan fingerprint density at radius 1 is 1.65 bits per heavy atom. The topological polar surface area (TPSA) is 51.4 Å². The van der Waals surface area contributed by atoms with E-state index in [1.807, 2.05) is 13.1 Å². The van der Waals surface area contributed by atoms with E-state index in [0.717, 1.165) is 37.4 Å². The van der Waals surface area contributed by atoms with Crippen LogP contribution >= 0.6 is 11.6 Å². The number of pyridine rings is 1. The molecule has 1 unspecified atom stereocenters. The van der Waals surface area contributed by atoms with Crippen molar-refractivity contribution in [2.45, 2.75) is 25.5 Å². The molecular weight excluding hydrogens is 238 g/mol. The molecule has 2 rings (SSSR count). The normalized spacial score (nSPS) is 19.6. The fourth-order valence-electron chi connectivity index (χ4n) is 2.02. The first-order valence-electron chi connectivity index (χ1n) is 5.88. The van der Waals surface area contributed by atoms with Crippen LogP contribution in [0.15, 0.2) is 12.3 Å². The van der Waals surface area contributed by atoms with Crippen LogP contribution in [0.4, 0.5) is 5.82 Å². The minimum Gasteiger partial charge on any atom is -0.376 e. The molecule has 0 spiro atoms. The molecule has 94 valence electrons. The molecule has 1 fully saturated rings. The lowest BCUT2D eigenvalue weighted by molar-refractivity contribution is 0.116. The number of nitrogens with two attached hydrogens (primary N) is 1. The summed E-state index contributed by atoms with van der Waals surface area (Å²) in [5, 5.41) is 0.627. The summed E-state index contributed by atoms with van der Waals surface area (Å²) in [5.41, 5.74) is 6.55. The Hall–Kier alpha value is -0.840. The Bertz CT molecular complexity index is 380. The SMILES string of the molecule is CN(CC1CCCO1)c1cc(CN)c(Cl)cn1. The molecule has 0 saturated carbocycles. The highest BCUT2D eigenvalue weighted by Crippen LogP contribution is 2.21. The van der Waals surface area contributed by atoms with E-state index in [-0.39, 0.29) is 0 Å². The Labute approximate surface area is 107 Å². The van der Waals surface area contributed by atoms with E-state index in [1.54, 1.807) is 6.20 Å². The number of anilines is 1. The summed E-state index contributed by atoms with van der Waals surface area (Å²) < 4.78 is 5.61. The zero-order chi connectivity index (χ0) is 12.3. The number of rotatable bonds is 4. The minimum atomic E-state index is 0.318. The number of halogens is 1. The molecular formula is C12H18ClN3O. The smallest absolute Gasteiger partial charge is 0.128 e. The maximum absolute atomic E-state index is 5.99. The van der Waals surface area contributed by atoms with Gasteiger partial charge in [-0.3, -0.25) is 0 Å². The van der Waals surface area contributed by atoms with Crippen molar-refractivity contribution in [2.24, 2.45) is 5.73 Å². The molecule has 1 saturated heterocycles. The highest BCUT2D eigenvalue weighted by atomic mass is 35.5. The van der Waals surface area contributed by atoms with E-state index >= 15 is 0 Å². The first-order valence-corrected chi connectivity index (χ1v) is 6.25. The third-order valence-corrected chi connectivity index (χ3v) is 3.37. The van der Waals surface area contributed by atoms with Gasteiger partial charge in [0.15, 0.2) is 0 Å². The third-order valence-electron chi connectivity index (χ3n) is 3.03. The van der Waals surface area contributed by atoms with E-state index in [1.165, 1.54) is 0 Å². The van der Waals surface area contributed by atoms with Crippen LogP contribution in [-0.2, 0) is 11.3 Å². The molecule has 2 heterocycles. The van der Waals surface area contributed by atoms with E-state index in [0.29, 0.717) is 17.7 Å². The first kappa shape index (κ1) is 12.6. The number of hydrogen-bond acceptors (Lipinski definition) is 4. The van der Waals surface area contributed by atoms with Gasteiger partial charge in [0, 0.05) is 32.9 Å².